The van der Waals surface area contributed by atoms with Crippen molar-refractivity contribution in [2.45, 2.75) is 0 Å². The molecular formula is C12H10ClF2N3O. The van der Waals surface area contributed by atoms with Crippen LogP contribution < -0.4 is 15.8 Å². The number of aromatic nitrogens is 1. The molecule has 0 bridgehead atoms. The first kappa shape index (κ1) is 13.4. The van der Waals surface area contributed by atoms with Gasteiger partial charge >= 0.3 is 0 Å². The fourth-order valence-corrected chi connectivity index (χ4v) is 1.65. The maximum Gasteiger partial charge on any atom is 0.169 e. The topological polar surface area (TPSA) is 60.2 Å². The summed E-state index contributed by atoms with van der Waals surface area (Å²) in [6, 6.07) is 5.41. The lowest BCUT2D eigenvalue weighted by Crippen LogP contribution is -2.04. The molecule has 0 saturated carbocycles. The van der Waals surface area contributed by atoms with E-state index in [4.69, 9.17) is 22.1 Å². The molecule has 0 saturated heterocycles. The molecule has 0 aliphatic rings. The zero-order valence-electron chi connectivity index (χ0n) is 9.88. The number of pyridine rings is 1. The molecule has 0 atom stereocenters. The van der Waals surface area contributed by atoms with Gasteiger partial charge in [-0.2, -0.15) is 0 Å². The van der Waals surface area contributed by atoms with Crippen LogP contribution in [-0.2, 0) is 0 Å². The summed E-state index contributed by atoms with van der Waals surface area (Å²) in [6.07, 6.45) is 0. The smallest absolute Gasteiger partial charge is 0.169 e. The molecule has 0 radical (unpaired) electrons. The lowest BCUT2D eigenvalue weighted by Gasteiger charge is -2.12. The number of nitrogen functional groups attached to an aromatic ring is 1. The van der Waals surface area contributed by atoms with Crippen molar-refractivity contribution in [3.05, 3.63) is 40.9 Å². The average molecular weight is 286 g/mol. The van der Waals surface area contributed by atoms with Gasteiger partial charge in [-0.25, -0.2) is 13.8 Å². The van der Waals surface area contributed by atoms with E-state index >= 15 is 0 Å². The van der Waals surface area contributed by atoms with E-state index in [1.165, 1.54) is 13.2 Å². The summed E-state index contributed by atoms with van der Waals surface area (Å²) in [5.41, 5.74) is 5.69. The third-order valence-electron chi connectivity index (χ3n) is 2.37. The molecule has 1 heterocycles. The lowest BCUT2D eigenvalue weighted by molar-refractivity contribution is 0.417. The minimum atomic E-state index is -0.916. The molecule has 1 aromatic heterocycles. The SMILES string of the molecule is COc1ccc(Cl)cc1Nc1nc(N)c(F)cc1F. The van der Waals surface area contributed by atoms with Crippen molar-refractivity contribution in [3.63, 3.8) is 0 Å². The van der Waals surface area contributed by atoms with E-state index in [0.717, 1.165) is 0 Å². The Labute approximate surface area is 113 Å². The van der Waals surface area contributed by atoms with E-state index in [2.05, 4.69) is 10.3 Å². The van der Waals surface area contributed by atoms with Gasteiger partial charge in [0.05, 0.1) is 12.8 Å². The molecule has 3 N–H and O–H groups in total. The van der Waals surface area contributed by atoms with Crippen molar-refractivity contribution in [2.75, 3.05) is 18.2 Å². The molecule has 2 aromatic rings. The highest BCUT2D eigenvalue weighted by molar-refractivity contribution is 6.31. The van der Waals surface area contributed by atoms with Crippen LogP contribution in [-0.4, -0.2) is 12.1 Å². The zero-order valence-corrected chi connectivity index (χ0v) is 10.6. The molecule has 7 heteroatoms. The fraction of sp³-hybridized carbons (Fsp3) is 0.0833. The molecule has 19 heavy (non-hydrogen) atoms. The first-order valence-electron chi connectivity index (χ1n) is 5.23. The van der Waals surface area contributed by atoms with Gasteiger partial charge in [-0.15, -0.1) is 0 Å². The van der Waals surface area contributed by atoms with E-state index in [9.17, 15) is 8.78 Å². The van der Waals surface area contributed by atoms with Crippen LogP contribution >= 0.6 is 11.6 Å². The summed E-state index contributed by atoms with van der Waals surface area (Å²) < 4.78 is 31.7. The van der Waals surface area contributed by atoms with Crippen LogP contribution in [0.1, 0.15) is 0 Å². The Kier molecular flexibility index (Phi) is 3.71. The van der Waals surface area contributed by atoms with E-state index in [1.807, 2.05) is 0 Å². The monoisotopic (exact) mass is 285 g/mol. The summed E-state index contributed by atoms with van der Waals surface area (Å²) >= 11 is 5.84. The largest absolute Gasteiger partial charge is 0.495 e. The first-order valence-corrected chi connectivity index (χ1v) is 5.61. The second-order valence-corrected chi connectivity index (χ2v) is 4.09. The highest BCUT2D eigenvalue weighted by Crippen LogP contribution is 2.31. The molecular weight excluding hydrogens is 276 g/mol. The number of anilines is 3. The normalized spacial score (nSPS) is 10.3. The number of hydrogen-bond acceptors (Lipinski definition) is 4. The van der Waals surface area contributed by atoms with Crippen LogP contribution in [0.3, 0.4) is 0 Å². The molecule has 100 valence electrons. The number of benzene rings is 1. The second kappa shape index (κ2) is 5.27. The van der Waals surface area contributed by atoms with Crippen LogP contribution in [0.15, 0.2) is 24.3 Å². The predicted molar refractivity (Wildman–Crippen MR) is 69.9 cm³/mol. The van der Waals surface area contributed by atoms with Gasteiger partial charge < -0.3 is 15.8 Å². The minimum Gasteiger partial charge on any atom is -0.495 e. The van der Waals surface area contributed by atoms with Gasteiger partial charge in [0.15, 0.2) is 23.3 Å². The summed E-state index contributed by atoms with van der Waals surface area (Å²) in [6.45, 7) is 0. The number of halogens is 3. The van der Waals surface area contributed by atoms with Gasteiger partial charge in [0.25, 0.3) is 0 Å². The van der Waals surface area contributed by atoms with Crippen molar-refractivity contribution in [2.24, 2.45) is 0 Å². The molecule has 4 nitrogen and oxygen atoms in total. The highest BCUT2D eigenvalue weighted by atomic mass is 35.5. The van der Waals surface area contributed by atoms with Crippen LogP contribution in [0.25, 0.3) is 0 Å². The fourth-order valence-electron chi connectivity index (χ4n) is 1.47. The van der Waals surface area contributed by atoms with Gasteiger partial charge in [0, 0.05) is 11.1 Å². The van der Waals surface area contributed by atoms with Crippen molar-refractivity contribution in [1.82, 2.24) is 4.98 Å². The number of ether oxygens (including phenoxy) is 1. The summed E-state index contributed by atoms with van der Waals surface area (Å²) in [5, 5.41) is 3.09. The van der Waals surface area contributed by atoms with E-state index in [0.29, 0.717) is 22.5 Å². The van der Waals surface area contributed by atoms with Crippen LogP contribution in [0.5, 0.6) is 5.75 Å². The second-order valence-electron chi connectivity index (χ2n) is 3.66. The zero-order chi connectivity index (χ0) is 14.0. The van der Waals surface area contributed by atoms with Gasteiger partial charge in [-0.1, -0.05) is 11.6 Å². The van der Waals surface area contributed by atoms with Crippen molar-refractivity contribution in [3.8, 4) is 5.75 Å². The number of nitrogens with zero attached hydrogens (tertiary/aromatic N) is 1. The summed E-state index contributed by atoms with van der Waals surface area (Å²) in [5.74, 6) is -1.95. The van der Waals surface area contributed by atoms with Crippen LogP contribution in [0.2, 0.25) is 5.02 Å². The number of nitrogens with one attached hydrogen (secondary N) is 1. The van der Waals surface area contributed by atoms with Crippen molar-refractivity contribution < 1.29 is 13.5 Å². The third kappa shape index (κ3) is 2.85. The molecule has 0 amide bonds. The summed E-state index contributed by atoms with van der Waals surface area (Å²) in [7, 11) is 1.46. The molecule has 0 aliphatic heterocycles. The number of hydrogen-bond donors (Lipinski definition) is 2. The molecule has 0 aliphatic carbocycles. The third-order valence-corrected chi connectivity index (χ3v) is 2.61. The number of nitrogens with two attached hydrogens (primary N) is 1. The van der Waals surface area contributed by atoms with Gasteiger partial charge in [0.2, 0.25) is 0 Å². The maximum absolute atomic E-state index is 13.6. The standard InChI is InChI=1S/C12H10ClF2N3O/c1-19-10-3-2-6(13)4-9(10)17-12-8(15)5-7(14)11(16)18-12/h2-5H,1H3,(H3,16,17,18). The van der Waals surface area contributed by atoms with Gasteiger partial charge in [-0.3, -0.25) is 0 Å². The van der Waals surface area contributed by atoms with E-state index in [-0.39, 0.29) is 5.82 Å². The first-order chi connectivity index (χ1) is 9.01. The maximum atomic E-state index is 13.6. The highest BCUT2D eigenvalue weighted by Gasteiger charge is 2.12. The van der Waals surface area contributed by atoms with E-state index in [1.54, 1.807) is 12.1 Å². The predicted octanol–water partition coefficient (Wildman–Crippen LogP) is 3.35. The minimum absolute atomic E-state index is 0.209. The van der Waals surface area contributed by atoms with Crippen LogP contribution in [0.4, 0.5) is 26.1 Å². The number of rotatable bonds is 3. The molecule has 0 unspecified atom stereocenters. The average Bonchev–Trinajstić information content (AvgIpc) is 2.36. The quantitative estimate of drug-likeness (QED) is 0.908. The number of methoxy groups -OCH3 is 1. The van der Waals surface area contributed by atoms with Gasteiger partial charge in [0.1, 0.15) is 5.75 Å². The molecule has 1 aromatic carbocycles. The Hall–Kier alpha value is -2.08. The Balaban J connectivity index is 2.41. The van der Waals surface area contributed by atoms with Crippen LogP contribution in [0, 0.1) is 11.6 Å². The van der Waals surface area contributed by atoms with Crippen molar-refractivity contribution in [1.29, 1.82) is 0 Å². The Bertz CT molecular complexity index is 622. The van der Waals surface area contributed by atoms with Gasteiger partial charge in [-0.05, 0) is 18.2 Å². The molecule has 2 rings (SSSR count). The Morgan fingerprint density at radius 1 is 1.26 bits per heavy atom. The van der Waals surface area contributed by atoms with E-state index < -0.39 is 17.5 Å². The van der Waals surface area contributed by atoms with Crippen molar-refractivity contribution >= 4 is 28.9 Å². The lowest BCUT2D eigenvalue weighted by atomic mass is 10.3. The summed E-state index contributed by atoms with van der Waals surface area (Å²) in [4.78, 5) is 3.59. The molecule has 0 fully saturated rings. The Morgan fingerprint density at radius 2 is 2.00 bits per heavy atom. The molecule has 0 spiro atoms. The Morgan fingerprint density at radius 3 is 2.68 bits per heavy atom.